The summed E-state index contributed by atoms with van der Waals surface area (Å²) in [6, 6.07) is 0. The molecule has 3 heterocycles. The first-order valence-corrected chi connectivity index (χ1v) is 11.8. The van der Waals surface area contributed by atoms with Crippen molar-refractivity contribution in [1.82, 2.24) is 9.97 Å². The van der Waals surface area contributed by atoms with Crippen molar-refractivity contribution in [3.05, 3.63) is 18.2 Å². The molecule has 0 aromatic carbocycles. The van der Waals surface area contributed by atoms with E-state index in [4.69, 9.17) is 18.5 Å². The third kappa shape index (κ3) is 3.18. The number of hydrogen-bond acceptors (Lipinski definition) is 6. The van der Waals surface area contributed by atoms with Crippen LogP contribution in [-0.2, 0) is 24.1 Å². The minimum absolute atomic E-state index is 0.375. The van der Waals surface area contributed by atoms with E-state index >= 15 is 0 Å². The lowest BCUT2D eigenvalue weighted by Crippen LogP contribution is -2.55. The fraction of sp³-hybridized carbons (Fsp3) is 0.750. The van der Waals surface area contributed by atoms with E-state index in [-0.39, 0.29) is 11.2 Å². The van der Waals surface area contributed by atoms with Crippen molar-refractivity contribution < 1.29 is 18.5 Å². The van der Waals surface area contributed by atoms with Crippen molar-refractivity contribution in [2.45, 2.75) is 64.1 Å². The lowest BCUT2D eigenvalue weighted by Gasteiger charge is -2.43. The highest BCUT2D eigenvalue weighted by atomic mass is 28.4. The molecule has 0 aliphatic carbocycles. The Bertz CT molecular complexity index is 595. The molecule has 2 fully saturated rings. The molecular weight excluding hydrogens is 323 g/mol. The first-order valence-electron chi connectivity index (χ1n) is 8.40. The largest absolute Gasteiger partial charge is 0.498 e. The van der Waals surface area contributed by atoms with Crippen LogP contribution in [0.1, 0.15) is 33.5 Å². The molecule has 6 nitrogen and oxygen atoms in total. The Morgan fingerprint density at radius 2 is 1.50 bits per heavy atom. The van der Waals surface area contributed by atoms with Gasteiger partial charge in [0.05, 0.1) is 24.4 Å². The van der Waals surface area contributed by atoms with Crippen LogP contribution in [0.25, 0.3) is 0 Å². The van der Waals surface area contributed by atoms with Gasteiger partial charge in [-0.1, -0.05) is 0 Å². The molecule has 24 heavy (non-hydrogen) atoms. The van der Waals surface area contributed by atoms with Crippen LogP contribution in [-0.4, -0.2) is 49.8 Å². The van der Waals surface area contributed by atoms with E-state index < -0.39 is 21.0 Å². The van der Waals surface area contributed by atoms with E-state index in [0.717, 1.165) is 5.46 Å². The van der Waals surface area contributed by atoms with Gasteiger partial charge in [0.25, 0.3) is 0 Å². The third-order valence-electron chi connectivity index (χ3n) is 4.78. The Labute approximate surface area is 145 Å². The van der Waals surface area contributed by atoms with Gasteiger partial charge >= 0.3 is 7.12 Å². The molecule has 2 aliphatic heterocycles. The van der Waals surface area contributed by atoms with E-state index in [1.807, 2.05) is 27.7 Å². The number of nitrogens with zero attached hydrogens (tertiary/aromatic N) is 2. The van der Waals surface area contributed by atoms with Gasteiger partial charge in [0.2, 0.25) is 0 Å². The molecule has 1 aromatic heterocycles. The van der Waals surface area contributed by atoms with Crippen molar-refractivity contribution in [2.75, 3.05) is 13.2 Å². The molecular formula is C16H27BN2O4Si. The number of hydrogen-bond donors (Lipinski definition) is 0. The summed E-state index contributed by atoms with van der Waals surface area (Å²) in [5.74, 6) is 0.677. The Morgan fingerprint density at radius 3 is 1.88 bits per heavy atom. The summed E-state index contributed by atoms with van der Waals surface area (Å²) in [6.45, 7) is 15.6. The Hall–Kier alpha value is -0.798. The first kappa shape index (κ1) is 18.0. The van der Waals surface area contributed by atoms with E-state index in [1.165, 1.54) is 0 Å². The van der Waals surface area contributed by atoms with Crippen molar-refractivity contribution >= 4 is 20.9 Å². The molecule has 132 valence electrons. The summed E-state index contributed by atoms with van der Waals surface area (Å²) in [7, 11) is -2.18. The highest BCUT2D eigenvalue weighted by molar-refractivity contribution is 6.69. The standard InChI is InChI=1S/C16H27BN2O4Si/c1-14(2)15(3,4)22-17(21-14)12-8-18-13(19-9-12)16(10-20-11-16)23-24(5,6)7/h8-9H,10-11H2,1-7H3. The van der Waals surface area contributed by atoms with Crippen LogP contribution in [0.5, 0.6) is 0 Å². The summed E-state index contributed by atoms with van der Waals surface area (Å²) in [6.07, 6.45) is 3.55. The Balaban J connectivity index is 1.79. The highest BCUT2D eigenvalue weighted by Crippen LogP contribution is 2.37. The third-order valence-corrected chi connectivity index (χ3v) is 5.78. The number of ether oxygens (including phenoxy) is 1. The predicted octanol–water partition coefficient (Wildman–Crippen LogP) is 1.85. The quantitative estimate of drug-likeness (QED) is 0.773. The van der Waals surface area contributed by atoms with Crippen molar-refractivity contribution in [3.8, 4) is 0 Å². The van der Waals surface area contributed by atoms with Gasteiger partial charge in [-0.05, 0) is 47.3 Å². The maximum Gasteiger partial charge on any atom is 0.498 e. The van der Waals surface area contributed by atoms with E-state index in [1.54, 1.807) is 12.4 Å². The van der Waals surface area contributed by atoms with Crippen LogP contribution in [0, 0.1) is 0 Å². The lowest BCUT2D eigenvalue weighted by atomic mass is 9.81. The fourth-order valence-corrected chi connectivity index (χ4v) is 4.16. The monoisotopic (exact) mass is 350 g/mol. The van der Waals surface area contributed by atoms with Crippen LogP contribution in [0.4, 0.5) is 0 Å². The zero-order valence-electron chi connectivity index (χ0n) is 15.7. The van der Waals surface area contributed by atoms with Gasteiger partial charge in [-0.15, -0.1) is 0 Å². The maximum absolute atomic E-state index is 6.31. The second-order valence-corrected chi connectivity index (χ2v) is 13.1. The molecule has 1 aromatic rings. The average Bonchev–Trinajstić information content (AvgIpc) is 2.62. The molecule has 0 unspecified atom stereocenters. The molecule has 8 heteroatoms. The van der Waals surface area contributed by atoms with Gasteiger partial charge in [-0.2, -0.15) is 0 Å². The Kier molecular flexibility index (Phi) is 4.20. The smallest absolute Gasteiger partial charge is 0.401 e. The summed E-state index contributed by atoms with van der Waals surface area (Å²) in [4.78, 5) is 9.09. The van der Waals surface area contributed by atoms with E-state index in [9.17, 15) is 0 Å². The van der Waals surface area contributed by atoms with Gasteiger partial charge in [0.15, 0.2) is 19.7 Å². The highest BCUT2D eigenvalue weighted by Gasteiger charge is 2.52. The summed E-state index contributed by atoms with van der Waals surface area (Å²) < 4.78 is 23.8. The molecule has 0 spiro atoms. The minimum Gasteiger partial charge on any atom is -0.401 e. The van der Waals surface area contributed by atoms with Crippen molar-refractivity contribution in [3.63, 3.8) is 0 Å². The molecule has 0 atom stereocenters. The number of aromatic nitrogens is 2. The second-order valence-electron chi connectivity index (χ2n) is 8.63. The zero-order chi connectivity index (χ0) is 17.8. The molecule has 0 radical (unpaired) electrons. The molecule has 0 amide bonds. The molecule has 2 saturated heterocycles. The van der Waals surface area contributed by atoms with Gasteiger partial charge in [0.1, 0.15) is 0 Å². The lowest BCUT2D eigenvalue weighted by molar-refractivity contribution is -0.177. The molecule has 0 N–H and O–H groups in total. The SMILES string of the molecule is CC1(C)OB(c2cnc(C3(O[Si](C)(C)C)COC3)nc2)OC1(C)C. The van der Waals surface area contributed by atoms with Crippen molar-refractivity contribution in [2.24, 2.45) is 0 Å². The van der Waals surface area contributed by atoms with Gasteiger partial charge < -0.3 is 18.5 Å². The van der Waals surface area contributed by atoms with Crippen LogP contribution in [0.2, 0.25) is 19.6 Å². The first-order chi connectivity index (χ1) is 10.9. The summed E-state index contributed by atoms with van der Waals surface area (Å²) in [5, 5.41) is 0. The molecule has 0 bridgehead atoms. The van der Waals surface area contributed by atoms with Crippen LogP contribution >= 0.6 is 0 Å². The van der Waals surface area contributed by atoms with Crippen molar-refractivity contribution in [1.29, 1.82) is 0 Å². The van der Waals surface area contributed by atoms with Crippen LogP contribution in [0.15, 0.2) is 12.4 Å². The summed E-state index contributed by atoms with van der Waals surface area (Å²) >= 11 is 0. The fourth-order valence-electron chi connectivity index (χ4n) is 2.78. The topological polar surface area (TPSA) is 62.7 Å². The summed E-state index contributed by atoms with van der Waals surface area (Å²) in [5.41, 5.74) is -0.430. The van der Waals surface area contributed by atoms with Gasteiger partial charge in [-0.3, -0.25) is 0 Å². The maximum atomic E-state index is 6.31. The molecule has 3 rings (SSSR count). The molecule has 0 saturated carbocycles. The molecule has 2 aliphatic rings. The average molecular weight is 350 g/mol. The van der Waals surface area contributed by atoms with E-state index in [2.05, 4.69) is 29.6 Å². The minimum atomic E-state index is -1.73. The van der Waals surface area contributed by atoms with Gasteiger partial charge in [-0.25, -0.2) is 9.97 Å². The Morgan fingerprint density at radius 1 is 1.00 bits per heavy atom. The second kappa shape index (κ2) is 5.60. The van der Waals surface area contributed by atoms with Crippen LogP contribution in [0.3, 0.4) is 0 Å². The van der Waals surface area contributed by atoms with Gasteiger partial charge in [0, 0.05) is 17.9 Å². The number of rotatable bonds is 4. The normalized spacial score (nSPS) is 24.7. The zero-order valence-corrected chi connectivity index (χ0v) is 16.7. The van der Waals surface area contributed by atoms with Crippen LogP contribution < -0.4 is 5.46 Å². The predicted molar refractivity (Wildman–Crippen MR) is 94.7 cm³/mol. The van der Waals surface area contributed by atoms with E-state index in [0.29, 0.717) is 19.0 Å².